The van der Waals surface area contributed by atoms with E-state index in [2.05, 4.69) is 10.2 Å². The fourth-order valence-electron chi connectivity index (χ4n) is 3.98. The summed E-state index contributed by atoms with van der Waals surface area (Å²) in [5.74, 6) is 0.460. The number of carbonyl (C=O) groups is 1. The molecule has 1 aromatic rings. The van der Waals surface area contributed by atoms with Crippen LogP contribution in [0.15, 0.2) is 22.8 Å². The molecule has 0 spiro atoms. The number of nitrogens with one attached hydrogen (secondary N) is 1. The van der Waals surface area contributed by atoms with Crippen molar-refractivity contribution in [2.24, 2.45) is 0 Å². The molecule has 6 nitrogen and oxygen atoms in total. The highest BCUT2D eigenvalue weighted by molar-refractivity contribution is 5.77. The molecule has 24 heavy (non-hydrogen) atoms. The molecule has 0 bridgehead atoms. The predicted molar refractivity (Wildman–Crippen MR) is 89.5 cm³/mol. The minimum atomic E-state index is -1.19. The number of furan rings is 1. The van der Waals surface area contributed by atoms with E-state index in [0.29, 0.717) is 12.2 Å². The highest BCUT2D eigenvalue weighted by Gasteiger charge is 2.42. The van der Waals surface area contributed by atoms with Crippen molar-refractivity contribution >= 4 is 5.91 Å². The van der Waals surface area contributed by atoms with Crippen molar-refractivity contribution in [1.29, 1.82) is 0 Å². The van der Waals surface area contributed by atoms with Gasteiger partial charge in [-0.05, 0) is 31.9 Å². The third-order valence-corrected chi connectivity index (χ3v) is 5.39. The maximum absolute atomic E-state index is 12.6. The van der Waals surface area contributed by atoms with Crippen LogP contribution < -0.4 is 5.32 Å². The molecule has 0 radical (unpaired) electrons. The first-order chi connectivity index (χ1) is 11.5. The molecule has 2 N–H and O–H groups in total. The molecule has 134 valence electrons. The Kier molecular flexibility index (Phi) is 5.27. The normalized spacial score (nSPS) is 23.8. The smallest absolute Gasteiger partial charge is 0.221 e. The van der Waals surface area contributed by atoms with Gasteiger partial charge in [-0.2, -0.15) is 0 Å². The first kappa shape index (κ1) is 17.5. The third kappa shape index (κ3) is 3.82. The van der Waals surface area contributed by atoms with Gasteiger partial charge in [-0.1, -0.05) is 12.8 Å². The van der Waals surface area contributed by atoms with E-state index >= 15 is 0 Å². The average Bonchev–Trinajstić information content (AvgIpc) is 3.27. The quantitative estimate of drug-likeness (QED) is 0.826. The average molecular weight is 336 g/mol. The molecule has 0 aromatic carbocycles. The van der Waals surface area contributed by atoms with E-state index in [1.54, 1.807) is 19.1 Å². The number of hydrogen-bond acceptors (Lipinski definition) is 5. The van der Waals surface area contributed by atoms with E-state index in [1.807, 2.05) is 0 Å². The number of hydrogen-bond donors (Lipinski definition) is 2. The summed E-state index contributed by atoms with van der Waals surface area (Å²) < 4.78 is 10.7. The second-order valence-electron chi connectivity index (χ2n) is 7.24. The van der Waals surface area contributed by atoms with Gasteiger partial charge in [-0.25, -0.2) is 0 Å². The van der Waals surface area contributed by atoms with Crippen LogP contribution in [-0.2, 0) is 15.1 Å². The zero-order valence-corrected chi connectivity index (χ0v) is 14.4. The first-order valence-electron chi connectivity index (χ1n) is 8.88. The summed E-state index contributed by atoms with van der Waals surface area (Å²) in [6.45, 7) is 5.10. The molecule has 1 aliphatic heterocycles. The molecule has 2 heterocycles. The largest absolute Gasteiger partial charge is 0.466 e. The minimum Gasteiger partial charge on any atom is -0.466 e. The molecule has 1 unspecified atom stereocenters. The fourth-order valence-corrected chi connectivity index (χ4v) is 3.98. The summed E-state index contributed by atoms with van der Waals surface area (Å²) in [7, 11) is 0. The summed E-state index contributed by atoms with van der Waals surface area (Å²) in [6.07, 6.45) is 6.49. The van der Waals surface area contributed by atoms with Crippen molar-refractivity contribution in [3.8, 4) is 0 Å². The molecule has 1 amide bonds. The van der Waals surface area contributed by atoms with Crippen LogP contribution in [0.3, 0.4) is 0 Å². The first-order valence-corrected chi connectivity index (χ1v) is 8.88. The molecular formula is C18H28N2O4. The maximum Gasteiger partial charge on any atom is 0.221 e. The van der Waals surface area contributed by atoms with E-state index < -0.39 is 5.60 Å². The van der Waals surface area contributed by atoms with E-state index in [-0.39, 0.29) is 18.0 Å². The molecule has 1 aliphatic carbocycles. The molecular weight excluding hydrogens is 308 g/mol. The SMILES string of the molecule is CC(O)(CNC(=O)CC1(N2CCOCC2)CCCC1)c1ccco1. The Morgan fingerprint density at radius 1 is 1.38 bits per heavy atom. The zero-order valence-electron chi connectivity index (χ0n) is 14.4. The van der Waals surface area contributed by atoms with Gasteiger partial charge in [0.25, 0.3) is 0 Å². The Hall–Kier alpha value is -1.37. The van der Waals surface area contributed by atoms with Gasteiger partial charge in [-0.15, -0.1) is 0 Å². The summed E-state index contributed by atoms with van der Waals surface area (Å²) in [5, 5.41) is 13.4. The zero-order chi connectivity index (χ0) is 17.0. The summed E-state index contributed by atoms with van der Waals surface area (Å²) in [4.78, 5) is 15.0. The van der Waals surface area contributed by atoms with Crippen LogP contribution in [0.1, 0.15) is 44.8 Å². The van der Waals surface area contributed by atoms with Gasteiger partial charge in [0.05, 0.1) is 26.0 Å². The molecule has 1 saturated heterocycles. The Labute approximate surface area is 143 Å². The number of morpholine rings is 1. The van der Waals surface area contributed by atoms with Crippen LogP contribution in [0, 0.1) is 0 Å². The van der Waals surface area contributed by atoms with Gasteiger partial charge < -0.3 is 19.6 Å². The van der Waals surface area contributed by atoms with Crippen LogP contribution >= 0.6 is 0 Å². The number of amides is 1. The lowest BCUT2D eigenvalue weighted by Gasteiger charge is -2.43. The molecule has 2 fully saturated rings. The second kappa shape index (κ2) is 7.25. The van der Waals surface area contributed by atoms with E-state index in [4.69, 9.17) is 9.15 Å². The number of aliphatic hydroxyl groups is 1. The van der Waals surface area contributed by atoms with Crippen LogP contribution in [-0.4, -0.2) is 54.3 Å². The Morgan fingerprint density at radius 3 is 2.71 bits per heavy atom. The van der Waals surface area contributed by atoms with Gasteiger partial charge in [0.2, 0.25) is 5.91 Å². The van der Waals surface area contributed by atoms with Crippen molar-refractivity contribution in [3.05, 3.63) is 24.2 Å². The van der Waals surface area contributed by atoms with Gasteiger partial charge in [0, 0.05) is 25.0 Å². The number of carbonyl (C=O) groups excluding carboxylic acids is 1. The molecule has 1 atom stereocenters. The minimum absolute atomic E-state index is 0.00442. The maximum atomic E-state index is 12.6. The lowest BCUT2D eigenvalue weighted by molar-refractivity contribution is -0.126. The lowest BCUT2D eigenvalue weighted by Crippen LogP contribution is -2.54. The van der Waals surface area contributed by atoms with Gasteiger partial charge in [-0.3, -0.25) is 9.69 Å². The molecule has 1 saturated carbocycles. The topological polar surface area (TPSA) is 74.9 Å². The summed E-state index contributed by atoms with van der Waals surface area (Å²) in [5.41, 5.74) is -1.23. The number of rotatable bonds is 6. The third-order valence-electron chi connectivity index (χ3n) is 5.39. The van der Waals surface area contributed by atoms with Crippen molar-refractivity contribution in [1.82, 2.24) is 10.2 Å². The van der Waals surface area contributed by atoms with Crippen LogP contribution in [0.2, 0.25) is 0 Å². The van der Waals surface area contributed by atoms with Crippen molar-refractivity contribution < 1.29 is 19.1 Å². The second-order valence-corrected chi connectivity index (χ2v) is 7.24. The number of ether oxygens (including phenoxy) is 1. The predicted octanol–water partition coefficient (Wildman–Crippen LogP) is 1.64. The fraction of sp³-hybridized carbons (Fsp3) is 0.722. The number of nitrogens with zero attached hydrogens (tertiary/aromatic N) is 1. The van der Waals surface area contributed by atoms with Crippen molar-refractivity contribution in [3.63, 3.8) is 0 Å². The lowest BCUT2D eigenvalue weighted by atomic mass is 9.89. The van der Waals surface area contributed by atoms with E-state index in [1.165, 1.54) is 19.1 Å². The molecule has 2 aliphatic rings. The Bertz CT molecular complexity index is 529. The summed E-state index contributed by atoms with van der Waals surface area (Å²) in [6, 6.07) is 3.45. The van der Waals surface area contributed by atoms with Gasteiger partial charge >= 0.3 is 0 Å². The van der Waals surface area contributed by atoms with E-state index in [9.17, 15) is 9.90 Å². The van der Waals surface area contributed by atoms with Gasteiger partial charge in [0.15, 0.2) is 0 Å². The summed E-state index contributed by atoms with van der Waals surface area (Å²) >= 11 is 0. The highest BCUT2D eigenvalue weighted by atomic mass is 16.5. The van der Waals surface area contributed by atoms with Crippen molar-refractivity contribution in [2.45, 2.75) is 50.2 Å². The molecule has 3 rings (SSSR count). The highest BCUT2D eigenvalue weighted by Crippen LogP contribution is 2.38. The molecule has 6 heteroatoms. The standard InChI is InChI=1S/C18H28N2O4/c1-17(22,15-5-4-10-24-15)14-19-16(21)13-18(6-2-3-7-18)20-8-11-23-12-9-20/h4-5,10,22H,2-3,6-9,11-14H2,1H3,(H,19,21). The Morgan fingerprint density at radius 2 is 2.08 bits per heavy atom. The van der Waals surface area contributed by atoms with E-state index in [0.717, 1.165) is 39.1 Å². The van der Waals surface area contributed by atoms with Crippen LogP contribution in [0.4, 0.5) is 0 Å². The van der Waals surface area contributed by atoms with Gasteiger partial charge in [0.1, 0.15) is 11.4 Å². The van der Waals surface area contributed by atoms with Crippen molar-refractivity contribution in [2.75, 3.05) is 32.8 Å². The monoisotopic (exact) mass is 336 g/mol. The Balaban J connectivity index is 1.58. The van der Waals surface area contributed by atoms with Crippen LogP contribution in [0.25, 0.3) is 0 Å². The molecule has 1 aromatic heterocycles. The van der Waals surface area contributed by atoms with Crippen LogP contribution in [0.5, 0.6) is 0 Å².